The second-order valence-corrected chi connectivity index (χ2v) is 4.69. The molecule has 0 aromatic heterocycles. The van der Waals surface area contributed by atoms with E-state index < -0.39 is 5.82 Å². The predicted octanol–water partition coefficient (Wildman–Crippen LogP) is 4.76. The van der Waals surface area contributed by atoms with Gasteiger partial charge in [0.1, 0.15) is 17.3 Å². The Bertz CT molecular complexity index is 653. The highest BCUT2D eigenvalue weighted by molar-refractivity contribution is 6.30. The van der Waals surface area contributed by atoms with Crippen molar-refractivity contribution >= 4 is 11.6 Å². The van der Waals surface area contributed by atoms with Crippen LogP contribution in [0.3, 0.4) is 0 Å². The van der Waals surface area contributed by atoms with Crippen LogP contribution < -0.4 is 4.74 Å². The Morgan fingerprint density at radius 2 is 1.74 bits per heavy atom. The zero-order valence-electron chi connectivity index (χ0n) is 10.5. The highest BCUT2D eigenvalue weighted by atomic mass is 35.5. The first kappa shape index (κ1) is 13.4. The fraction of sp³-hybridized carbons (Fsp3) is 0.133. The summed E-state index contributed by atoms with van der Waals surface area (Å²) in [7, 11) is 0. The molecule has 0 heterocycles. The third kappa shape index (κ3) is 3.04. The maximum atomic E-state index is 13.3. The minimum Gasteiger partial charge on any atom is -0.457 e. The van der Waals surface area contributed by atoms with Gasteiger partial charge in [-0.25, -0.2) is 4.39 Å². The summed E-state index contributed by atoms with van der Waals surface area (Å²) in [6.07, 6.45) is 0. The molecule has 0 saturated carbocycles. The molecule has 0 bridgehead atoms. The van der Waals surface area contributed by atoms with Crippen molar-refractivity contribution in [3.63, 3.8) is 0 Å². The van der Waals surface area contributed by atoms with Gasteiger partial charge in [-0.1, -0.05) is 11.6 Å². The molecule has 0 amide bonds. The number of hydrogen-bond acceptors (Lipinski definition) is 2. The molecule has 0 unspecified atom stereocenters. The number of halogens is 2. The molecule has 4 heteroatoms. The average molecular weight is 276 g/mol. The van der Waals surface area contributed by atoms with E-state index in [9.17, 15) is 4.39 Å². The summed E-state index contributed by atoms with van der Waals surface area (Å²) < 4.78 is 19.0. The van der Waals surface area contributed by atoms with Gasteiger partial charge < -0.3 is 4.74 Å². The fourth-order valence-corrected chi connectivity index (χ4v) is 2.19. The molecule has 2 aromatic rings. The van der Waals surface area contributed by atoms with Gasteiger partial charge in [0.15, 0.2) is 0 Å². The molecule has 0 aliphatic rings. The maximum Gasteiger partial charge on any atom is 0.133 e. The SMILES string of the molecule is Cc1cc(Cl)cc(C)c1Oc1cc(F)cc(C#N)c1. The van der Waals surface area contributed by atoms with E-state index in [2.05, 4.69) is 0 Å². The van der Waals surface area contributed by atoms with Crippen LogP contribution in [-0.4, -0.2) is 0 Å². The molecule has 0 aliphatic carbocycles. The van der Waals surface area contributed by atoms with Crippen molar-refractivity contribution in [2.45, 2.75) is 13.8 Å². The van der Waals surface area contributed by atoms with E-state index in [-0.39, 0.29) is 5.56 Å². The van der Waals surface area contributed by atoms with Gasteiger partial charge >= 0.3 is 0 Å². The van der Waals surface area contributed by atoms with E-state index in [0.717, 1.165) is 17.2 Å². The Balaban J connectivity index is 2.42. The number of rotatable bonds is 2. The maximum absolute atomic E-state index is 13.3. The average Bonchev–Trinajstić information content (AvgIpc) is 2.33. The van der Waals surface area contributed by atoms with E-state index in [4.69, 9.17) is 21.6 Å². The largest absolute Gasteiger partial charge is 0.457 e. The minimum atomic E-state index is -0.502. The van der Waals surface area contributed by atoms with Gasteiger partial charge in [-0.15, -0.1) is 0 Å². The van der Waals surface area contributed by atoms with Gasteiger partial charge in [0.2, 0.25) is 0 Å². The molecule has 0 radical (unpaired) electrons. The lowest BCUT2D eigenvalue weighted by atomic mass is 10.1. The Morgan fingerprint density at radius 1 is 1.11 bits per heavy atom. The van der Waals surface area contributed by atoms with E-state index in [1.165, 1.54) is 12.1 Å². The standard InChI is InChI=1S/C15H11ClFNO/c1-9-3-12(16)4-10(2)15(9)19-14-6-11(8-18)5-13(17)7-14/h3-7H,1-2H3. The second kappa shape index (κ2) is 5.29. The number of aryl methyl sites for hydroxylation is 2. The lowest BCUT2D eigenvalue weighted by molar-refractivity contribution is 0.469. The lowest BCUT2D eigenvalue weighted by Crippen LogP contribution is -1.93. The van der Waals surface area contributed by atoms with Crippen molar-refractivity contribution in [2.75, 3.05) is 0 Å². The molecule has 2 aromatic carbocycles. The van der Waals surface area contributed by atoms with E-state index in [1.807, 2.05) is 19.9 Å². The van der Waals surface area contributed by atoms with Gasteiger partial charge in [-0.3, -0.25) is 0 Å². The zero-order valence-corrected chi connectivity index (χ0v) is 11.3. The molecule has 0 N–H and O–H groups in total. The topological polar surface area (TPSA) is 33.0 Å². The second-order valence-electron chi connectivity index (χ2n) is 4.26. The van der Waals surface area contributed by atoms with Crippen LogP contribution in [-0.2, 0) is 0 Å². The fourth-order valence-electron chi connectivity index (χ4n) is 1.86. The summed E-state index contributed by atoms with van der Waals surface area (Å²) >= 11 is 5.94. The van der Waals surface area contributed by atoms with Crippen molar-refractivity contribution in [2.24, 2.45) is 0 Å². The third-order valence-electron chi connectivity index (χ3n) is 2.65. The molecular weight excluding hydrogens is 265 g/mol. The van der Waals surface area contributed by atoms with Crippen molar-refractivity contribution in [3.05, 3.63) is 57.9 Å². The van der Waals surface area contributed by atoms with Crippen LogP contribution in [0.5, 0.6) is 11.5 Å². The summed E-state index contributed by atoms with van der Waals surface area (Å²) in [5.41, 5.74) is 1.93. The van der Waals surface area contributed by atoms with Crippen LogP contribution in [0, 0.1) is 31.0 Å². The number of benzene rings is 2. The molecular formula is C15H11ClFNO. The molecule has 96 valence electrons. The third-order valence-corrected chi connectivity index (χ3v) is 2.86. The highest BCUT2D eigenvalue weighted by Crippen LogP contribution is 2.31. The molecule has 0 spiro atoms. The Labute approximate surface area is 116 Å². The van der Waals surface area contributed by atoms with Crippen LogP contribution >= 0.6 is 11.6 Å². The van der Waals surface area contributed by atoms with Crippen LogP contribution in [0.25, 0.3) is 0 Å². The molecule has 2 rings (SSSR count). The molecule has 0 aliphatic heterocycles. The number of nitrogens with zero attached hydrogens (tertiary/aromatic N) is 1. The van der Waals surface area contributed by atoms with Crippen molar-refractivity contribution in [3.8, 4) is 17.6 Å². The van der Waals surface area contributed by atoms with E-state index in [1.54, 1.807) is 12.1 Å². The number of hydrogen-bond donors (Lipinski definition) is 0. The van der Waals surface area contributed by atoms with Crippen LogP contribution in [0.1, 0.15) is 16.7 Å². The van der Waals surface area contributed by atoms with E-state index >= 15 is 0 Å². The Morgan fingerprint density at radius 3 is 2.32 bits per heavy atom. The van der Waals surface area contributed by atoms with Crippen LogP contribution in [0.4, 0.5) is 4.39 Å². The monoisotopic (exact) mass is 275 g/mol. The van der Waals surface area contributed by atoms with E-state index in [0.29, 0.717) is 16.5 Å². The molecule has 0 saturated heterocycles. The summed E-state index contributed by atoms with van der Waals surface area (Å²) in [6, 6.07) is 9.34. The summed E-state index contributed by atoms with van der Waals surface area (Å²) in [5.74, 6) is 0.419. The summed E-state index contributed by atoms with van der Waals surface area (Å²) in [5, 5.41) is 9.43. The first-order chi connectivity index (χ1) is 8.99. The van der Waals surface area contributed by atoms with Crippen molar-refractivity contribution < 1.29 is 9.13 Å². The predicted molar refractivity (Wildman–Crippen MR) is 72.1 cm³/mol. The minimum absolute atomic E-state index is 0.222. The molecule has 2 nitrogen and oxygen atoms in total. The zero-order chi connectivity index (χ0) is 14.0. The van der Waals surface area contributed by atoms with Gasteiger partial charge in [-0.2, -0.15) is 5.26 Å². The smallest absolute Gasteiger partial charge is 0.133 e. The van der Waals surface area contributed by atoms with Gasteiger partial charge in [0.05, 0.1) is 11.6 Å². The Kier molecular flexibility index (Phi) is 3.73. The first-order valence-electron chi connectivity index (χ1n) is 5.65. The molecule has 0 atom stereocenters. The van der Waals surface area contributed by atoms with Gasteiger partial charge in [-0.05, 0) is 49.2 Å². The lowest BCUT2D eigenvalue weighted by Gasteiger charge is -2.12. The normalized spacial score (nSPS) is 10.1. The number of ether oxygens (including phenoxy) is 1. The van der Waals surface area contributed by atoms with Gasteiger partial charge in [0, 0.05) is 11.1 Å². The highest BCUT2D eigenvalue weighted by Gasteiger charge is 2.09. The first-order valence-corrected chi connectivity index (χ1v) is 6.02. The molecule has 0 fully saturated rings. The summed E-state index contributed by atoms with van der Waals surface area (Å²) in [6.45, 7) is 3.72. The van der Waals surface area contributed by atoms with Crippen LogP contribution in [0.2, 0.25) is 5.02 Å². The quantitative estimate of drug-likeness (QED) is 0.791. The number of nitriles is 1. The van der Waals surface area contributed by atoms with Crippen LogP contribution in [0.15, 0.2) is 30.3 Å². The Hall–Kier alpha value is -2.05. The van der Waals surface area contributed by atoms with Crippen molar-refractivity contribution in [1.82, 2.24) is 0 Å². The summed E-state index contributed by atoms with van der Waals surface area (Å²) in [4.78, 5) is 0. The van der Waals surface area contributed by atoms with Gasteiger partial charge in [0.25, 0.3) is 0 Å². The van der Waals surface area contributed by atoms with Crippen molar-refractivity contribution in [1.29, 1.82) is 5.26 Å². The molecule has 19 heavy (non-hydrogen) atoms.